The van der Waals surface area contributed by atoms with Crippen LogP contribution in [0.1, 0.15) is 307 Å². The number of aliphatic hydroxyl groups excluding tert-OH is 6. The predicted molar refractivity (Wildman–Crippen MR) is 348 cm³/mol. The highest BCUT2D eigenvalue weighted by Gasteiger charge is 2.55. The van der Waals surface area contributed by atoms with E-state index in [1.807, 2.05) is 0 Å². The van der Waals surface area contributed by atoms with Crippen LogP contribution in [0.3, 0.4) is 0 Å². The van der Waals surface area contributed by atoms with E-state index in [1.165, 1.54) is 135 Å². The van der Waals surface area contributed by atoms with Gasteiger partial charge in [-0.2, -0.15) is 8.42 Å². The van der Waals surface area contributed by atoms with Crippen LogP contribution in [0.2, 0.25) is 0 Å². The lowest BCUT2D eigenvalue weighted by molar-refractivity contribution is -0.374. The molecular formula is C70H134O17S. The molecule has 0 aromatic rings. The van der Waals surface area contributed by atoms with E-state index in [9.17, 15) is 53.2 Å². The molecule has 7 N–H and O–H groups in total. The molecule has 0 spiro atoms. The summed E-state index contributed by atoms with van der Waals surface area (Å²) in [5.41, 5.74) is 0. The van der Waals surface area contributed by atoms with Crippen molar-refractivity contribution in [2.75, 3.05) is 13.2 Å². The van der Waals surface area contributed by atoms with Gasteiger partial charge < -0.3 is 54.3 Å². The fraction of sp³-hybridized carbons (Fsp3) is 0.971. The summed E-state index contributed by atoms with van der Waals surface area (Å²) in [5, 5.41) is 64.4. The number of ether oxygens (including phenoxy) is 5. The molecule has 0 aromatic carbocycles. The van der Waals surface area contributed by atoms with Crippen molar-refractivity contribution < 1.29 is 81.1 Å². The molecule has 0 aliphatic carbocycles. The fourth-order valence-corrected chi connectivity index (χ4v) is 14.7. The third-order valence-electron chi connectivity index (χ3n) is 18.8. The molecule has 2 fully saturated rings. The van der Waals surface area contributed by atoms with Crippen molar-refractivity contribution in [3.05, 3.63) is 0 Å². The molecule has 17 nitrogen and oxygen atoms in total. The number of aliphatic hydroxyl groups is 6. The smallest absolute Gasteiger partial charge is 0.397 e. The highest BCUT2D eigenvalue weighted by Crippen LogP contribution is 2.36. The maximum Gasteiger partial charge on any atom is 0.397 e. The van der Waals surface area contributed by atoms with Gasteiger partial charge in [0.2, 0.25) is 6.29 Å². The summed E-state index contributed by atoms with van der Waals surface area (Å²) >= 11 is 0. The molecule has 88 heavy (non-hydrogen) atoms. The summed E-state index contributed by atoms with van der Waals surface area (Å²) in [7, 11) is -5.32. The Morgan fingerprint density at radius 2 is 0.795 bits per heavy atom. The number of hydrogen-bond donors (Lipinski definition) is 7. The number of rotatable bonds is 54. The van der Waals surface area contributed by atoms with Gasteiger partial charge in [0, 0.05) is 6.42 Å². The molecule has 0 saturated carbocycles. The summed E-state index contributed by atoms with van der Waals surface area (Å²) in [5.74, 6) is 0.860. The van der Waals surface area contributed by atoms with Gasteiger partial charge in [0.15, 0.2) is 24.6 Å². The van der Waals surface area contributed by atoms with Crippen molar-refractivity contribution in [1.29, 1.82) is 0 Å². The Labute approximate surface area is 536 Å². The van der Waals surface area contributed by atoms with Crippen molar-refractivity contribution in [2.24, 2.45) is 47.3 Å². The second-order valence-electron chi connectivity index (χ2n) is 28.4. The van der Waals surface area contributed by atoms with Gasteiger partial charge in [0.25, 0.3) is 0 Å². The third-order valence-corrected chi connectivity index (χ3v) is 19.3. The number of esters is 2. The zero-order valence-corrected chi connectivity index (χ0v) is 58.0. The summed E-state index contributed by atoms with van der Waals surface area (Å²) in [6, 6.07) is 0. The Morgan fingerprint density at radius 3 is 1.19 bits per heavy atom. The zero-order valence-electron chi connectivity index (χ0n) is 57.2. The molecule has 0 amide bonds. The average Bonchev–Trinajstić information content (AvgIpc) is 3.09. The molecule has 19 atom stereocenters. The fourth-order valence-electron chi connectivity index (χ4n) is 14.2. The van der Waals surface area contributed by atoms with Gasteiger partial charge in [0.1, 0.15) is 30.5 Å². The molecule has 2 aliphatic heterocycles. The number of carbonyl (C=O) groups excluding carboxylic acids is 2. The second-order valence-corrected chi connectivity index (χ2v) is 29.4. The standard InChI is InChI=1S/C70H134O17S/c1-11-13-15-17-19-21-23-25-26-28-30-32-34-36-38-40-61(74)84-67-65(63(76)60(49-72)83-70(67)86-69-66(87-88(79,80)81)64(77)62(75)59(48-71)82-69)85-68(78)57(10)47-55(8)45-53(6)43-51(4)41-50(3)42-52(5)44-54(7)46-56(9)58(73)39-37-35-33-31-29-27-24-22-20-18-16-14-12-2/h50-60,62-67,69-73,75-77H,11-49H2,1-10H3,(H,79,80,81). The highest BCUT2D eigenvalue weighted by atomic mass is 32.3. The lowest BCUT2D eigenvalue weighted by Gasteiger charge is -2.46. The van der Waals surface area contributed by atoms with Crippen LogP contribution in [-0.4, -0.2) is 136 Å². The zero-order chi connectivity index (χ0) is 65.4. The maximum atomic E-state index is 14.1. The van der Waals surface area contributed by atoms with Gasteiger partial charge >= 0.3 is 22.3 Å². The Hall–Kier alpha value is -1.55. The monoisotopic (exact) mass is 1280 g/mol. The second kappa shape index (κ2) is 48.2. The topological polar surface area (TPSA) is 265 Å². The first-order valence-corrected chi connectivity index (χ1v) is 37.3. The summed E-state index contributed by atoms with van der Waals surface area (Å²) < 4.78 is 67.5. The molecule has 0 aromatic heterocycles. The number of carbonyl (C=O) groups is 2. The van der Waals surface area contributed by atoms with Crippen LogP contribution >= 0.6 is 0 Å². The molecule has 18 heteroatoms. The largest absolute Gasteiger partial charge is 0.455 e. The van der Waals surface area contributed by atoms with Crippen LogP contribution in [0.25, 0.3) is 0 Å². The first kappa shape index (κ1) is 82.5. The molecule has 2 rings (SSSR count). The molecule has 2 heterocycles. The number of unbranched alkanes of at least 4 members (excludes halogenated alkanes) is 26. The third kappa shape index (κ3) is 36.2. The van der Waals surface area contributed by atoms with E-state index >= 15 is 0 Å². The first-order valence-electron chi connectivity index (χ1n) is 35.9. The molecular weight excluding hydrogens is 1140 g/mol. The van der Waals surface area contributed by atoms with E-state index in [2.05, 4.69) is 66.5 Å². The van der Waals surface area contributed by atoms with Gasteiger partial charge in [-0.1, -0.05) is 243 Å². The van der Waals surface area contributed by atoms with Crippen LogP contribution in [0.15, 0.2) is 0 Å². The van der Waals surface area contributed by atoms with E-state index < -0.39 is 103 Å². The summed E-state index contributed by atoms with van der Waals surface area (Å²) in [6.45, 7) is 20.5. The van der Waals surface area contributed by atoms with Gasteiger partial charge in [-0.25, -0.2) is 4.18 Å². The van der Waals surface area contributed by atoms with E-state index in [0.29, 0.717) is 48.3 Å². The van der Waals surface area contributed by atoms with E-state index in [-0.39, 0.29) is 18.4 Å². The van der Waals surface area contributed by atoms with Crippen LogP contribution in [-0.2, 0) is 47.9 Å². The quantitative estimate of drug-likeness (QED) is 0.0169. The highest BCUT2D eigenvalue weighted by molar-refractivity contribution is 7.80. The molecule has 19 unspecified atom stereocenters. The van der Waals surface area contributed by atoms with Crippen molar-refractivity contribution >= 4 is 22.3 Å². The Balaban J connectivity index is 1.96. The minimum atomic E-state index is -5.32. The van der Waals surface area contributed by atoms with Gasteiger partial charge in [0.05, 0.1) is 25.2 Å². The maximum absolute atomic E-state index is 14.1. The van der Waals surface area contributed by atoms with Gasteiger partial charge in [-0.05, 0) is 99.2 Å². The van der Waals surface area contributed by atoms with Crippen LogP contribution in [0, 0.1) is 47.3 Å². The predicted octanol–water partition coefficient (Wildman–Crippen LogP) is 14.5. The van der Waals surface area contributed by atoms with Crippen LogP contribution in [0.4, 0.5) is 0 Å². The van der Waals surface area contributed by atoms with Crippen molar-refractivity contribution in [3.63, 3.8) is 0 Å². The lowest BCUT2D eigenvalue weighted by atomic mass is 9.80. The lowest BCUT2D eigenvalue weighted by Crippen LogP contribution is -2.65. The van der Waals surface area contributed by atoms with Gasteiger partial charge in [-0.3, -0.25) is 14.1 Å². The van der Waals surface area contributed by atoms with Crippen LogP contribution < -0.4 is 0 Å². The molecule has 2 saturated heterocycles. The van der Waals surface area contributed by atoms with E-state index in [1.54, 1.807) is 6.92 Å². The molecule has 0 bridgehead atoms. The van der Waals surface area contributed by atoms with Crippen molar-refractivity contribution in [2.45, 2.75) is 374 Å². The normalized spacial score (nSPS) is 25.7. The van der Waals surface area contributed by atoms with Gasteiger partial charge in [-0.15, -0.1) is 0 Å². The van der Waals surface area contributed by atoms with E-state index in [4.69, 9.17) is 23.7 Å². The Bertz CT molecular complexity index is 1840. The summed E-state index contributed by atoms with van der Waals surface area (Å²) in [6.07, 6.45) is 23.4. The van der Waals surface area contributed by atoms with Crippen molar-refractivity contribution in [1.82, 2.24) is 0 Å². The van der Waals surface area contributed by atoms with Crippen molar-refractivity contribution in [3.8, 4) is 0 Å². The minimum absolute atomic E-state index is 0.0545. The Kier molecular flexibility index (Phi) is 45.2. The number of hydrogen-bond acceptors (Lipinski definition) is 16. The molecule has 522 valence electrons. The molecule has 2 aliphatic rings. The summed E-state index contributed by atoms with van der Waals surface area (Å²) in [4.78, 5) is 27.8. The molecule has 0 radical (unpaired) electrons. The SMILES string of the molecule is CCCCCCCCCCCCCCCCCC(=O)OC1C(OC2OC(CO)C(O)C(O)C2OS(=O)(=O)O)OC(CO)C(O)C1OC(=O)C(C)CC(C)CC(C)CC(C)CC(C)CC(C)CC(C)CC(C)C(O)CCCCCCCCCCCCCCC. The average molecular weight is 1280 g/mol. The first-order chi connectivity index (χ1) is 41.9. The minimum Gasteiger partial charge on any atom is -0.455 e. The van der Waals surface area contributed by atoms with Crippen LogP contribution in [0.5, 0.6) is 0 Å². The van der Waals surface area contributed by atoms with E-state index in [0.717, 1.165) is 83.5 Å². The Morgan fingerprint density at radius 1 is 0.443 bits per heavy atom.